The first-order valence-electron chi connectivity index (χ1n) is 3.87. The summed E-state index contributed by atoms with van der Waals surface area (Å²) in [6.07, 6.45) is 1.36. The maximum Gasteiger partial charge on any atom is 0.00730 e. The molecular weight excluding hydrogens is 128 g/mol. The van der Waals surface area contributed by atoms with Crippen LogP contribution in [0.2, 0.25) is 0 Å². The Bertz CT molecular complexity index is 90.6. The summed E-state index contributed by atoms with van der Waals surface area (Å²) in [5.41, 5.74) is 0. The minimum Gasteiger partial charge on any atom is -0.158 e. The van der Waals surface area contributed by atoms with Crippen LogP contribution in [0.4, 0.5) is 0 Å². The lowest BCUT2D eigenvalue weighted by Gasteiger charge is -2.13. The van der Waals surface area contributed by atoms with E-state index >= 15 is 0 Å². The summed E-state index contributed by atoms with van der Waals surface area (Å²) in [7, 11) is 0. The van der Waals surface area contributed by atoms with Gasteiger partial charge in [0.1, 0.15) is 0 Å². The zero-order valence-corrected chi connectivity index (χ0v) is 7.37. The van der Waals surface area contributed by atoms with Gasteiger partial charge in [-0.1, -0.05) is 20.8 Å². The molecule has 0 amide bonds. The molecule has 0 radical (unpaired) electrons. The normalized spacial score (nSPS) is 43.7. The fraction of sp³-hybridized carbons (Fsp3) is 1.00. The van der Waals surface area contributed by atoms with Crippen LogP contribution in [0.1, 0.15) is 27.2 Å². The molecule has 3 atom stereocenters. The summed E-state index contributed by atoms with van der Waals surface area (Å²) < 4.78 is 0. The molecule has 0 nitrogen and oxygen atoms in total. The van der Waals surface area contributed by atoms with Crippen molar-refractivity contribution in [3.05, 3.63) is 0 Å². The van der Waals surface area contributed by atoms with Crippen molar-refractivity contribution in [3.8, 4) is 0 Å². The molecule has 0 bridgehead atoms. The molecule has 1 aliphatic rings. The molecule has 1 aliphatic heterocycles. The Hall–Kier alpha value is 0.350. The zero-order chi connectivity index (χ0) is 6.85. The topological polar surface area (TPSA) is 0 Å². The van der Waals surface area contributed by atoms with Gasteiger partial charge in [-0.25, -0.2) is 0 Å². The van der Waals surface area contributed by atoms with Crippen LogP contribution in [0.5, 0.6) is 0 Å². The van der Waals surface area contributed by atoms with Crippen LogP contribution in [0.15, 0.2) is 0 Å². The third-order valence-electron chi connectivity index (χ3n) is 2.46. The number of hydrogen-bond acceptors (Lipinski definition) is 1. The van der Waals surface area contributed by atoms with Gasteiger partial charge >= 0.3 is 0 Å². The third-order valence-corrected chi connectivity index (χ3v) is 4.37. The highest BCUT2D eigenvalue weighted by Gasteiger charge is 2.28. The van der Waals surface area contributed by atoms with Gasteiger partial charge < -0.3 is 0 Å². The molecule has 1 unspecified atom stereocenters. The number of thioether (sulfide) groups is 1. The zero-order valence-electron chi connectivity index (χ0n) is 6.55. The molecular formula is C8H16S. The predicted octanol–water partition coefficient (Wildman–Crippen LogP) is 2.78. The maximum absolute atomic E-state index is 2.39. The summed E-state index contributed by atoms with van der Waals surface area (Å²) in [5.74, 6) is 3.31. The van der Waals surface area contributed by atoms with E-state index in [1.54, 1.807) is 0 Å². The molecule has 0 N–H and O–H groups in total. The summed E-state index contributed by atoms with van der Waals surface area (Å²) in [6.45, 7) is 7.05. The second kappa shape index (κ2) is 2.96. The van der Waals surface area contributed by atoms with Gasteiger partial charge in [0.05, 0.1) is 0 Å². The Morgan fingerprint density at radius 3 is 2.33 bits per heavy atom. The highest BCUT2D eigenvalue weighted by atomic mass is 32.2. The van der Waals surface area contributed by atoms with Gasteiger partial charge in [0, 0.05) is 5.25 Å². The monoisotopic (exact) mass is 144 g/mol. The largest absolute Gasteiger partial charge is 0.158 e. The van der Waals surface area contributed by atoms with E-state index in [2.05, 4.69) is 32.5 Å². The van der Waals surface area contributed by atoms with Crippen molar-refractivity contribution in [1.82, 2.24) is 0 Å². The van der Waals surface area contributed by atoms with Crippen LogP contribution in [0.25, 0.3) is 0 Å². The Labute approximate surface area is 62.4 Å². The van der Waals surface area contributed by atoms with Crippen LogP contribution < -0.4 is 0 Å². The highest BCUT2D eigenvalue weighted by molar-refractivity contribution is 8.00. The van der Waals surface area contributed by atoms with Crippen LogP contribution in [0.3, 0.4) is 0 Å². The Morgan fingerprint density at radius 1 is 1.44 bits per heavy atom. The molecule has 0 aromatic rings. The molecule has 9 heavy (non-hydrogen) atoms. The van der Waals surface area contributed by atoms with Crippen molar-refractivity contribution < 1.29 is 0 Å². The summed E-state index contributed by atoms with van der Waals surface area (Å²) >= 11 is 2.16. The molecule has 1 saturated heterocycles. The molecule has 54 valence electrons. The van der Waals surface area contributed by atoms with E-state index in [1.165, 1.54) is 12.2 Å². The van der Waals surface area contributed by atoms with Crippen molar-refractivity contribution in [1.29, 1.82) is 0 Å². The minimum atomic E-state index is 0.958. The fourth-order valence-corrected chi connectivity index (χ4v) is 3.10. The van der Waals surface area contributed by atoms with Crippen molar-refractivity contribution in [3.63, 3.8) is 0 Å². The van der Waals surface area contributed by atoms with Crippen molar-refractivity contribution in [2.75, 3.05) is 5.75 Å². The summed E-state index contributed by atoms with van der Waals surface area (Å²) in [5, 5.41) is 0.958. The summed E-state index contributed by atoms with van der Waals surface area (Å²) in [4.78, 5) is 0. The Balaban J connectivity index is 2.41. The van der Waals surface area contributed by atoms with Crippen LogP contribution in [-0.4, -0.2) is 11.0 Å². The quantitative estimate of drug-likeness (QED) is 0.545. The van der Waals surface area contributed by atoms with Crippen molar-refractivity contribution in [2.45, 2.75) is 32.4 Å². The van der Waals surface area contributed by atoms with Gasteiger partial charge in [0.25, 0.3) is 0 Å². The SMILES string of the molecule is CC[C@H]1SCC(C)[C@H]1C. The summed E-state index contributed by atoms with van der Waals surface area (Å²) in [6, 6.07) is 0. The lowest BCUT2D eigenvalue weighted by Crippen LogP contribution is -2.11. The molecule has 1 fully saturated rings. The van der Waals surface area contributed by atoms with E-state index in [9.17, 15) is 0 Å². The third kappa shape index (κ3) is 1.43. The molecule has 1 rings (SSSR count). The maximum atomic E-state index is 2.39. The first kappa shape index (κ1) is 7.46. The average molecular weight is 144 g/mol. The van der Waals surface area contributed by atoms with Gasteiger partial charge in [-0.15, -0.1) is 0 Å². The lowest BCUT2D eigenvalue weighted by molar-refractivity contribution is 0.431. The molecule has 0 spiro atoms. The van der Waals surface area contributed by atoms with Crippen LogP contribution in [0, 0.1) is 11.8 Å². The molecule has 1 heteroatoms. The van der Waals surface area contributed by atoms with Crippen LogP contribution >= 0.6 is 11.8 Å². The fourth-order valence-electron chi connectivity index (χ4n) is 1.44. The van der Waals surface area contributed by atoms with Crippen molar-refractivity contribution in [2.24, 2.45) is 11.8 Å². The highest BCUT2D eigenvalue weighted by Crippen LogP contribution is 2.37. The van der Waals surface area contributed by atoms with E-state index in [1.807, 2.05) is 0 Å². The van der Waals surface area contributed by atoms with Gasteiger partial charge in [-0.05, 0) is 24.0 Å². The Kier molecular flexibility index (Phi) is 2.45. The average Bonchev–Trinajstić information content (AvgIpc) is 2.15. The first-order valence-corrected chi connectivity index (χ1v) is 4.92. The molecule has 1 heterocycles. The van der Waals surface area contributed by atoms with Gasteiger partial charge in [-0.2, -0.15) is 11.8 Å². The van der Waals surface area contributed by atoms with Crippen LogP contribution in [-0.2, 0) is 0 Å². The second-order valence-electron chi connectivity index (χ2n) is 3.12. The van der Waals surface area contributed by atoms with Gasteiger partial charge in [0.2, 0.25) is 0 Å². The molecule has 0 saturated carbocycles. The van der Waals surface area contributed by atoms with E-state index < -0.39 is 0 Å². The van der Waals surface area contributed by atoms with E-state index in [0.717, 1.165) is 17.1 Å². The van der Waals surface area contributed by atoms with E-state index in [0.29, 0.717) is 0 Å². The predicted molar refractivity (Wildman–Crippen MR) is 44.9 cm³/mol. The minimum absolute atomic E-state index is 0.958. The first-order chi connectivity index (χ1) is 4.25. The smallest absolute Gasteiger partial charge is 0.00730 e. The Morgan fingerprint density at radius 2 is 2.11 bits per heavy atom. The van der Waals surface area contributed by atoms with Gasteiger partial charge in [-0.3, -0.25) is 0 Å². The van der Waals surface area contributed by atoms with Gasteiger partial charge in [0.15, 0.2) is 0 Å². The lowest BCUT2D eigenvalue weighted by atomic mass is 9.94. The molecule has 0 aliphatic carbocycles. The van der Waals surface area contributed by atoms with Crippen molar-refractivity contribution >= 4 is 11.8 Å². The van der Waals surface area contributed by atoms with E-state index in [4.69, 9.17) is 0 Å². The molecule has 0 aromatic heterocycles. The second-order valence-corrected chi connectivity index (χ2v) is 4.39. The number of rotatable bonds is 1. The van der Waals surface area contributed by atoms with E-state index in [-0.39, 0.29) is 0 Å². The number of hydrogen-bond donors (Lipinski definition) is 0. The molecule has 0 aromatic carbocycles. The standard InChI is InChI=1S/C8H16S/c1-4-8-7(3)6(2)5-9-8/h6-8H,4-5H2,1-3H3/t6?,7-,8-/m1/s1.